The Morgan fingerprint density at radius 2 is 1.76 bits per heavy atom. The molecule has 1 amide bonds. The maximum absolute atomic E-state index is 13.6. The smallest absolute Gasteiger partial charge is 0.261 e. The van der Waals surface area contributed by atoms with E-state index in [4.69, 9.17) is 9.72 Å². The van der Waals surface area contributed by atoms with E-state index in [1.165, 1.54) is 5.56 Å². The number of benzene rings is 2. The summed E-state index contributed by atoms with van der Waals surface area (Å²) in [5.74, 6) is 0.533. The molecule has 3 aromatic rings. The van der Waals surface area contributed by atoms with Crippen molar-refractivity contribution in [2.45, 2.75) is 59.0 Å². The van der Waals surface area contributed by atoms with Gasteiger partial charge in [0.2, 0.25) is 0 Å². The van der Waals surface area contributed by atoms with E-state index in [9.17, 15) is 9.59 Å². The van der Waals surface area contributed by atoms with Crippen LogP contribution in [0.1, 0.15) is 68.8 Å². The molecule has 0 N–H and O–H groups in total. The zero-order valence-corrected chi connectivity index (χ0v) is 20.6. The maximum atomic E-state index is 13.6. The van der Waals surface area contributed by atoms with Crippen LogP contribution in [0.5, 0.6) is 0 Å². The second-order valence-electron chi connectivity index (χ2n) is 9.28. The third kappa shape index (κ3) is 5.17. The highest BCUT2D eigenvalue weighted by Gasteiger charge is 2.28. The quantitative estimate of drug-likeness (QED) is 0.488. The third-order valence-corrected chi connectivity index (χ3v) is 6.07. The SMILES string of the molecule is CCC(c1nc2ccccc2c(=O)n1CCOC)N(CC)C(=O)c1ccc(C(C)(C)C)cc1. The van der Waals surface area contributed by atoms with Gasteiger partial charge in [0.25, 0.3) is 11.5 Å². The van der Waals surface area contributed by atoms with E-state index in [2.05, 4.69) is 20.8 Å². The van der Waals surface area contributed by atoms with Crippen molar-refractivity contribution in [3.05, 3.63) is 75.8 Å². The van der Waals surface area contributed by atoms with Gasteiger partial charge in [-0.3, -0.25) is 14.2 Å². The molecule has 0 aliphatic carbocycles. The van der Waals surface area contributed by atoms with Crippen LogP contribution in [0.4, 0.5) is 0 Å². The molecule has 1 atom stereocenters. The van der Waals surface area contributed by atoms with Gasteiger partial charge in [0, 0.05) is 19.2 Å². The van der Waals surface area contributed by atoms with E-state index >= 15 is 0 Å². The summed E-state index contributed by atoms with van der Waals surface area (Å²) < 4.78 is 6.92. The number of hydrogen-bond donors (Lipinski definition) is 0. The minimum atomic E-state index is -0.334. The van der Waals surface area contributed by atoms with Crippen LogP contribution in [0.3, 0.4) is 0 Å². The molecule has 6 nitrogen and oxygen atoms in total. The Kier molecular flexibility index (Phi) is 7.69. The van der Waals surface area contributed by atoms with Gasteiger partial charge in [-0.15, -0.1) is 0 Å². The summed E-state index contributed by atoms with van der Waals surface area (Å²) in [5, 5.41) is 0.569. The fraction of sp³-hybridized carbons (Fsp3) is 0.444. The Morgan fingerprint density at radius 3 is 2.33 bits per heavy atom. The van der Waals surface area contributed by atoms with Crippen molar-refractivity contribution in [2.24, 2.45) is 0 Å². The van der Waals surface area contributed by atoms with E-state index in [0.29, 0.717) is 48.4 Å². The molecule has 1 unspecified atom stereocenters. The number of rotatable bonds is 8. The molecular weight excluding hydrogens is 414 g/mol. The molecule has 0 saturated carbocycles. The number of carbonyl (C=O) groups excluding carboxylic acids is 1. The molecule has 6 heteroatoms. The highest BCUT2D eigenvalue weighted by atomic mass is 16.5. The van der Waals surface area contributed by atoms with Crippen molar-refractivity contribution in [3.63, 3.8) is 0 Å². The van der Waals surface area contributed by atoms with Gasteiger partial charge in [0.05, 0.1) is 30.1 Å². The van der Waals surface area contributed by atoms with Crippen LogP contribution in [0.2, 0.25) is 0 Å². The highest BCUT2D eigenvalue weighted by Crippen LogP contribution is 2.27. The van der Waals surface area contributed by atoms with Gasteiger partial charge in [-0.1, -0.05) is 52.0 Å². The average molecular weight is 450 g/mol. The molecule has 2 aromatic carbocycles. The molecule has 0 saturated heterocycles. The number of hydrogen-bond acceptors (Lipinski definition) is 4. The maximum Gasteiger partial charge on any atom is 0.261 e. The second kappa shape index (κ2) is 10.3. The number of methoxy groups -OCH3 is 1. The van der Waals surface area contributed by atoms with E-state index in [1.54, 1.807) is 17.7 Å². The second-order valence-corrected chi connectivity index (χ2v) is 9.28. The summed E-state index contributed by atoms with van der Waals surface area (Å²) in [4.78, 5) is 33.6. The minimum absolute atomic E-state index is 0.0183. The Bertz CT molecular complexity index is 1160. The largest absolute Gasteiger partial charge is 0.383 e. The molecule has 1 aromatic heterocycles. The molecule has 0 radical (unpaired) electrons. The van der Waals surface area contributed by atoms with Gasteiger partial charge < -0.3 is 9.64 Å². The van der Waals surface area contributed by atoms with E-state index in [-0.39, 0.29) is 22.9 Å². The molecule has 0 fully saturated rings. The number of para-hydroxylation sites is 1. The van der Waals surface area contributed by atoms with Crippen molar-refractivity contribution >= 4 is 16.8 Å². The Balaban J connectivity index is 2.07. The molecule has 1 heterocycles. The lowest BCUT2D eigenvalue weighted by Crippen LogP contribution is -2.39. The lowest BCUT2D eigenvalue weighted by atomic mass is 9.86. The molecule has 0 aliphatic heterocycles. The average Bonchev–Trinajstić information content (AvgIpc) is 2.81. The summed E-state index contributed by atoms with van der Waals surface area (Å²) in [6, 6.07) is 14.8. The number of nitrogens with zero attached hydrogens (tertiary/aromatic N) is 3. The molecule has 0 aliphatic rings. The zero-order valence-electron chi connectivity index (χ0n) is 20.6. The number of amides is 1. The summed E-state index contributed by atoms with van der Waals surface area (Å²) >= 11 is 0. The Labute approximate surface area is 196 Å². The first-order chi connectivity index (χ1) is 15.7. The van der Waals surface area contributed by atoms with Gasteiger partial charge in [-0.2, -0.15) is 0 Å². The van der Waals surface area contributed by atoms with Crippen LogP contribution >= 0.6 is 0 Å². The van der Waals surface area contributed by atoms with Crippen LogP contribution < -0.4 is 5.56 Å². The van der Waals surface area contributed by atoms with E-state index in [1.807, 2.05) is 61.2 Å². The van der Waals surface area contributed by atoms with Crippen LogP contribution in [0, 0.1) is 0 Å². The third-order valence-electron chi connectivity index (χ3n) is 6.07. The minimum Gasteiger partial charge on any atom is -0.383 e. The summed E-state index contributed by atoms with van der Waals surface area (Å²) in [5.41, 5.74) is 2.37. The van der Waals surface area contributed by atoms with Gasteiger partial charge in [0.1, 0.15) is 5.82 Å². The predicted octanol–water partition coefficient (Wildman–Crippen LogP) is 4.95. The summed E-state index contributed by atoms with van der Waals surface area (Å²) in [7, 11) is 1.61. The monoisotopic (exact) mass is 449 g/mol. The van der Waals surface area contributed by atoms with Crippen molar-refractivity contribution < 1.29 is 9.53 Å². The molecule has 33 heavy (non-hydrogen) atoms. The predicted molar refractivity (Wildman–Crippen MR) is 133 cm³/mol. The lowest BCUT2D eigenvalue weighted by molar-refractivity contribution is 0.0667. The van der Waals surface area contributed by atoms with Crippen LogP contribution in [0.25, 0.3) is 10.9 Å². The van der Waals surface area contributed by atoms with Gasteiger partial charge in [0.15, 0.2) is 0 Å². The number of ether oxygens (including phenoxy) is 1. The Hall–Kier alpha value is -2.99. The number of aromatic nitrogens is 2. The molecule has 176 valence electrons. The Morgan fingerprint density at radius 1 is 1.09 bits per heavy atom. The van der Waals surface area contributed by atoms with E-state index in [0.717, 1.165) is 0 Å². The lowest BCUT2D eigenvalue weighted by Gasteiger charge is -2.31. The van der Waals surface area contributed by atoms with Crippen molar-refractivity contribution in [2.75, 3.05) is 20.3 Å². The normalized spacial score (nSPS) is 12.7. The van der Waals surface area contributed by atoms with Crippen LogP contribution in [-0.2, 0) is 16.7 Å². The zero-order chi connectivity index (χ0) is 24.2. The first-order valence-corrected chi connectivity index (χ1v) is 11.6. The standard InChI is InChI=1S/C27H35N3O3/c1-7-23(29(8-2)25(31)19-13-15-20(16-14-19)27(3,4)5)24-28-22-12-10-9-11-21(22)26(32)30(24)17-18-33-6/h9-16,23H,7-8,17-18H2,1-6H3. The first-order valence-electron chi connectivity index (χ1n) is 11.6. The number of carbonyl (C=O) groups is 1. The van der Waals surface area contributed by atoms with Crippen molar-refractivity contribution in [1.82, 2.24) is 14.5 Å². The van der Waals surface area contributed by atoms with Crippen molar-refractivity contribution in [3.8, 4) is 0 Å². The van der Waals surface area contributed by atoms with Crippen LogP contribution in [0.15, 0.2) is 53.3 Å². The first kappa shape index (κ1) is 24.6. The fourth-order valence-electron chi connectivity index (χ4n) is 4.16. The van der Waals surface area contributed by atoms with Crippen LogP contribution in [-0.4, -0.2) is 40.6 Å². The summed E-state index contributed by atoms with van der Waals surface area (Å²) in [6.07, 6.45) is 0.636. The molecule has 3 rings (SSSR count). The van der Waals surface area contributed by atoms with Crippen molar-refractivity contribution in [1.29, 1.82) is 0 Å². The van der Waals surface area contributed by atoms with Gasteiger partial charge in [-0.05, 0) is 48.6 Å². The molecular formula is C27H35N3O3. The summed E-state index contributed by atoms with van der Waals surface area (Å²) in [6.45, 7) is 11.7. The molecule has 0 bridgehead atoms. The molecule has 0 spiro atoms. The van der Waals surface area contributed by atoms with Gasteiger partial charge >= 0.3 is 0 Å². The van der Waals surface area contributed by atoms with E-state index < -0.39 is 0 Å². The number of fused-ring (bicyclic) bond motifs is 1. The van der Waals surface area contributed by atoms with Gasteiger partial charge in [-0.25, -0.2) is 4.98 Å². The topological polar surface area (TPSA) is 64.4 Å². The fourth-order valence-corrected chi connectivity index (χ4v) is 4.16. The highest BCUT2D eigenvalue weighted by molar-refractivity contribution is 5.94.